The molecule has 0 atom stereocenters. The summed E-state index contributed by atoms with van der Waals surface area (Å²) in [6, 6.07) is 19.7. The average Bonchev–Trinajstić information content (AvgIpc) is 3.50. The summed E-state index contributed by atoms with van der Waals surface area (Å²) in [5.41, 5.74) is 0.940. The van der Waals surface area contributed by atoms with Crippen LogP contribution in [0.4, 0.5) is 5.69 Å². The van der Waals surface area contributed by atoms with E-state index in [-0.39, 0.29) is 17.5 Å². The summed E-state index contributed by atoms with van der Waals surface area (Å²) in [6.07, 6.45) is 1.57. The van der Waals surface area contributed by atoms with Gasteiger partial charge in [-0.1, -0.05) is 35.6 Å². The van der Waals surface area contributed by atoms with Crippen LogP contribution < -0.4 is 10.1 Å². The summed E-state index contributed by atoms with van der Waals surface area (Å²) in [7, 11) is 1.69. The van der Waals surface area contributed by atoms with Crippen molar-refractivity contribution in [3.8, 4) is 5.75 Å². The molecule has 2 amide bonds. The lowest BCUT2D eigenvalue weighted by atomic mass is 10.1. The zero-order chi connectivity index (χ0) is 22.3. The van der Waals surface area contributed by atoms with E-state index in [0.717, 1.165) is 11.3 Å². The standard InChI is InChI=1S/C23H20N4O4S/c1-27(14-19-11-6-12-30-19)23(29)16-7-5-8-17(13-16)24-21(28)22-26-25-20(32-22)15-31-18-9-3-2-4-10-18/h2-13H,14-15H2,1H3,(H,24,28). The van der Waals surface area contributed by atoms with Gasteiger partial charge in [0.1, 0.15) is 18.1 Å². The maximum absolute atomic E-state index is 12.7. The molecule has 0 fully saturated rings. The van der Waals surface area contributed by atoms with Gasteiger partial charge >= 0.3 is 0 Å². The molecule has 0 spiro atoms. The van der Waals surface area contributed by atoms with E-state index in [9.17, 15) is 9.59 Å². The predicted molar refractivity (Wildman–Crippen MR) is 120 cm³/mol. The number of para-hydroxylation sites is 1. The van der Waals surface area contributed by atoms with Gasteiger partial charge in [-0.3, -0.25) is 9.59 Å². The lowest BCUT2D eigenvalue weighted by molar-refractivity contribution is 0.0775. The first-order valence-electron chi connectivity index (χ1n) is 9.78. The maximum Gasteiger partial charge on any atom is 0.286 e. The Kier molecular flexibility index (Phi) is 6.57. The predicted octanol–water partition coefficient (Wildman–Crippen LogP) is 4.23. The number of carbonyl (C=O) groups excluding carboxylic acids is 2. The summed E-state index contributed by atoms with van der Waals surface area (Å²) in [5.74, 6) is 0.816. The summed E-state index contributed by atoms with van der Waals surface area (Å²) >= 11 is 1.15. The second kappa shape index (κ2) is 9.88. The summed E-state index contributed by atoms with van der Waals surface area (Å²) in [4.78, 5) is 26.8. The number of aromatic nitrogens is 2. The molecule has 2 aromatic carbocycles. The van der Waals surface area contributed by atoms with Crippen LogP contribution in [0.5, 0.6) is 5.75 Å². The number of anilines is 1. The highest BCUT2D eigenvalue weighted by molar-refractivity contribution is 7.13. The summed E-state index contributed by atoms with van der Waals surface area (Å²) in [5, 5.41) is 11.5. The Balaban J connectivity index is 1.36. The van der Waals surface area contributed by atoms with Crippen molar-refractivity contribution in [3.63, 3.8) is 0 Å². The molecule has 162 valence electrons. The van der Waals surface area contributed by atoms with Crippen LogP contribution in [0.1, 0.15) is 30.9 Å². The van der Waals surface area contributed by atoms with Gasteiger partial charge in [0.25, 0.3) is 11.8 Å². The average molecular weight is 449 g/mol. The first-order valence-corrected chi connectivity index (χ1v) is 10.6. The molecule has 32 heavy (non-hydrogen) atoms. The van der Waals surface area contributed by atoms with Gasteiger partial charge in [0.2, 0.25) is 5.01 Å². The Labute approximate surface area is 188 Å². The van der Waals surface area contributed by atoms with Crippen molar-refractivity contribution in [2.24, 2.45) is 0 Å². The van der Waals surface area contributed by atoms with Crippen molar-refractivity contribution < 1.29 is 18.7 Å². The number of carbonyl (C=O) groups is 2. The molecule has 0 aliphatic carbocycles. The molecular formula is C23H20N4O4S. The topological polar surface area (TPSA) is 97.6 Å². The minimum Gasteiger partial charge on any atom is -0.486 e. The summed E-state index contributed by atoms with van der Waals surface area (Å²) < 4.78 is 10.9. The molecule has 0 saturated carbocycles. The molecule has 2 aromatic heterocycles. The molecule has 0 saturated heterocycles. The Morgan fingerprint density at radius 3 is 2.69 bits per heavy atom. The van der Waals surface area contributed by atoms with E-state index >= 15 is 0 Å². The third-order valence-corrected chi connectivity index (χ3v) is 5.35. The van der Waals surface area contributed by atoms with Crippen LogP contribution in [0.3, 0.4) is 0 Å². The minimum absolute atomic E-state index is 0.186. The van der Waals surface area contributed by atoms with Crippen molar-refractivity contribution >= 4 is 28.8 Å². The first-order chi connectivity index (χ1) is 15.6. The monoisotopic (exact) mass is 448 g/mol. The van der Waals surface area contributed by atoms with Gasteiger partial charge in [-0.25, -0.2) is 0 Å². The number of amides is 2. The van der Waals surface area contributed by atoms with Gasteiger partial charge in [0.05, 0.1) is 12.8 Å². The van der Waals surface area contributed by atoms with Crippen LogP contribution in [-0.2, 0) is 13.2 Å². The van der Waals surface area contributed by atoms with Crippen molar-refractivity contribution in [2.45, 2.75) is 13.2 Å². The van der Waals surface area contributed by atoms with E-state index in [1.165, 1.54) is 0 Å². The van der Waals surface area contributed by atoms with Crippen LogP contribution >= 0.6 is 11.3 Å². The van der Waals surface area contributed by atoms with Crippen molar-refractivity contribution in [1.29, 1.82) is 0 Å². The molecule has 4 rings (SSSR count). The molecule has 0 radical (unpaired) electrons. The van der Waals surface area contributed by atoms with E-state index in [4.69, 9.17) is 9.15 Å². The first kappa shape index (κ1) is 21.3. The van der Waals surface area contributed by atoms with Crippen LogP contribution in [0.15, 0.2) is 77.4 Å². The van der Waals surface area contributed by atoms with E-state index in [1.807, 2.05) is 36.4 Å². The number of hydrogen-bond acceptors (Lipinski definition) is 7. The number of ether oxygens (including phenoxy) is 1. The number of benzene rings is 2. The largest absolute Gasteiger partial charge is 0.486 e. The van der Waals surface area contributed by atoms with Gasteiger partial charge in [-0.15, -0.1) is 10.2 Å². The Bertz CT molecular complexity index is 1190. The number of nitrogens with one attached hydrogen (secondary N) is 1. The molecule has 8 nitrogen and oxygen atoms in total. The molecule has 4 aromatic rings. The molecular weight excluding hydrogens is 428 g/mol. The Morgan fingerprint density at radius 1 is 1.06 bits per heavy atom. The van der Waals surface area contributed by atoms with Crippen molar-refractivity contribution in [1.82, 2.24) is 15.1 Å². The van der Waals surface area contributed by atoms with Crippen molar-refractivity contribution in [3.05, 3.63) is 94.3 Å². The number of nitrogens with zero attached hydrogens (tertiary/aromatic N) is 3. The van der Waals surface area contributed by atoms with Gasteiger partial charge in [-0.2, -0.15) is 0 Å². The molecule has 0 aliphatic heterocycles. The second-order valence-corrected chi connectivity index (χ2v) is 7.94. The third-order valence-electron chi connectivity index (χ3n) is 4.45. The van der Waals surface area contributed by atoms with Crippen molar-refractivity contribution in [2.75, 3.05) is 12.4 Å². The van der Waals surface area contributed by atoms with Crippen LogP contribution in [0, 0.1) is 0 Å². The Hall–Kier alpha value is -3.98. The van der Waals surface area contributed by atoms with Gasteiger partial charge in [-0.05, 0) is 42.5 Å². The fourth-order valence-corrected chi connectivity index (χ4v) is 3.56. The van der Waals surface area contributed by atoms with Gasteiger partial charge < -0.3 is 19.4 Å². The van der Waals surface area contributed by atoms with Crippen LogP contribution in [-0.4, -0.2) is 34.0 Å². The van der Waals surface area contributed by atoms with E-state index in [2.05, 4.69) is 15.5 Å². The highest BCUT2D eigenvalue weighted by atomic mass is 32.1. The molecule has 1 N–H and O–H groups in total. The second-order valence-electron chi connectivity index (χ2n) is 6.88. The van der Waals surface area contributed by atoms with Gasteiger partial charge in [0.15, 0.2) is 5.01 Å². The summed E-state index contributed by atoms with van der Waals surface area (Å²) in [6.45, 7) is 0.571. The molecule has 0 bridgehead atoms. The zero-order valence-corrected chi connectivity index (χ0v) is 18.0. The Morgan fingerprint density at radius 2 is 1.91 bits per heavy atom. The quantitative estimate of drug-likeness (QED) is 0.433. The molecule has 0 aliphatic rings. The number of furan rings is 1. The number of hydrogen-bond donors (Lipinski definition) is 1. The molecule has 9 heteroatoms. The smallest absolute Gasteiger partial charge is 0.286 e. The highest BCUT2D eigenvalue weighted by Crippen LogP contribution is 2.18. The zero-order valence-electron chi connectivity index (χ0n) is 17.2. The third kappa shape index (κ3) is 5.38. The van der Waals surface area contributed by atoms with Gasteiger partial charge in [0, 0.05) is 18.3 Å². The molecule has 0 unspecified atom stereocenters. The maximum atomic E-state index is 12.7. The number of rotatable bonds is 8. The fraction of sp³-hybridized carbons (Fsp3) is 0.130. The lowest BCUT2D eigenvalue weighted by Gasteiger charge is -2.16. The van der Waals surface area contributed by atoms with Crippen LogP contribution in [0.2, 0.25) is 0 Å². The normalized spacial score (nSPS) is 10.5. The highest BCUT2D eigenvalue weighted by Gasteiger charge is 2.16. The van der Waals surface area contributed by atoms with Crippen LogP contribution in [0.25, 0.3) is 0 Å². The fourth-order valence-electron chi connectivity index (χ4n) is 2.91. The molecule has 2 heterocycles. The van der Waals surface area contributed by atoms with E-state index in [1.54, 1.807) is 48.5 Å². The van der Waals surface area contributed by atoms with E-state index in [0.29, 0.717) is 34.3 Å². The van der Waals surface area contributed by atoms with E-state index < -0.39 is 5.91 Å². The lowest BCUT2D eigenvalue weighted by Crippen LogP contribution is -2.26. The SMILES string of the molecule is CN(Cc1ccco1)C(=O)c1cccc(NC(=O)c2nnc(COc3ccccc3)s2)c1. The minimum atomic E-state index is -0.401.